The van der Waals surface area contributed by atoms with Crippen molar-refractivity contribution in [3.05, 3.63) is 3.91 Å². The van der Waals surface area contributed by atoms with Crippen molar-refractivity contribution in [2.45, 2.75) is 22.4 Å². The lowest BCUT2D eigenvalue weighted by atomic mass is 10.7. The molecule has 0 bridgehead atoms. The van der Waals surface area contributed by atoms with Gasteiger partial charge in [0.2, 0.25) is 0 Å². The van der Waals surface area contributed by atoms with Crippen molar-refractivity contribution >= 4 is 29.5 Å². The summed E-state index contributed by atoms with van der Waals surface area (Å²) in [6.07, 6.45) is -7.46. The standard InChI is InChI=1S/C5F11O6S3/c6-2(7,8)3(9,10)23(17,18)1(24(19,20)4(11,12)13)25(21,22)5(14,15)16. The lowest BCUT2D eigenvalue weighted by Crippen LogP contribution is -2.53. The first kappa shape index (κ1) is 24.1. The Morgan fingerprint density at radius 3 is 0.880 bits per heavy atom. The van der Waals surface area contributed by atoms with Gasteiger partial charge in [0.05, 0.1) is 0 Å². The summed E-state index contributed by atoms with van der Waals surface area (Å²) in [6.45, 7) is 0. The minimum atomic E-state index is -8.60. The summed E-state index contributed by atoms with van der Waals surface area (Å²) in [4.78, 5) is 0. The highest BCUT2D eigenvalue weighted by molar-refractivity contribution is 8.29. The normalized spacial score (nSPS) is 16.3. The van der Waals surface area contributed by atoms with Crippen molar-refractivity contribution < 1.29 is 73.5 Å². The molecule has 0 aromatic rings. The molecule has 0 fully saturated rings. The largest absolute Gasteiger partial charge is 0.500 e. The highest BCUT2D eigenvalue weighted by Crippen LogP contribution is 2.51. The average Bonchev–Trinajstić information content (AvgIpc) is 2.21. The van der Waals surface area contributed by atoms with Gasteiger partial charge in [0.25, 0.3) is 29.5 Å². The van der Waals surface area contributed by atoms with E-state index in [-0.39, 0.29) is 0 Å². The van der Waals surface area contributed by atoms with Crippen LogP contribution in [0.1, 0.15) is 0 Å². The molecular formula is C5F11O6S3. The van der Waals surface area contributed by atoms with Crippen LogP contribution in [0.15, 0.2) is 0 Å². The highest BCUT2D eigenvalue weighted by Gasteiger charge is 2.79. The zero-order valence-corrected chi connectivity index (χ0v) is 12.8. The monoisotopic (exact) mass is 461 g/mol. The van der Waals surface area contributed by atoms with E-state index in [1.165, 1.54) is 0 Å². The second-order valence-electron chi connectivity index (χ2n) is 3.67. The van der Waals surface area contributed by atoms with Gasteiger partial charge >= 0.3 is 26.4 Å². The third kappa shape index (κ3) is 3.64. The van der Waals surface area contributed by atoms with E-state index >= 15 is 0 Å². The molecule has 0 saturated carbocycles. The topological polar surface area (TPSA) is 102 Å². The number of hydrogen-bond acceptors (Lipinski definition) is 6. The molecule has 0 aromatic heterocycles. The number of hydrogen-bond donors (Lipinski definition) is 0. The summed E-state index contributed by atoms with van der Waals surface area (Å²) in [7, 11) is -25.3. The molecule has 0 aromatic carbocycles. The predicted octanol–water partition coefficient (Wildman–Crippen LogP) is 1.87. The quantitative estimate of drug-likeness (QED) is 0.593. The Morgan fingerprint density at radius 2 is 0.720 bits per heavy atom. The maximum absolute atomic E-state index is 12.8. The van der Waals surface area contributed by atoms with Crippen molar-refractivity contribution in [2.24, 2.45) is 0 Å². The minimum absolute atomic E-state index is 5.09. The Labute approximate surface area is 130 Å². The summed E-state index contributed by atoms with van der Waals surface area (Å²) in [5.74, 6) is 0. The molecule has 0 aliphatic rings. The van der Waals surface area contributed by atoms with Crippen LogP contribution in [0.25, 0.3) is 0 Å². The molecule has 0 unspecified atom stereocenters. The first-order valence-electron chi connectivity index (χ1n) is 4.55. The van der Waals surface area contributed by atoms with Crippen LogP contribution in [0.2, 0.25) is 0 Å². The van der Waals surface area contributed by atoms with Gasteiger partial charge in [0.15, 0.2) is 0 Å². The van der Waals surface area contributed by atoms with Crippen LogP contribution in [0.3, 0.4) is 0 Å². The first-order chi connectivity index (χ1) is 10.4. The van der Waals surface area contributed by atoms with Crippen LogP contribution in [0.5, 0.6) is 0 Å². The molecule has 0 spiro atoms. The Hall–Kier alpha value is -0.920. The molecule has 0 atom stereocenters. The number of rotatable bonds is 4. The van der Waals surface area contributed by atoms with E-state index in [4.69, 9.17) is 0 Å². The fourth-order valence-corrected chi connectivity index (χ4v) is 7.00. The molecule has 25 heavy (non-hydrogen) atoms. The van der Waals surface area contributed by atoms with E-state index in [0.717, 1.165) is 0 Å². The highest BCUT2D eigenvalue weighted by atomic mass is 32.3. The van der Waals surface area contributed by atoms with Gasteiger partial charge < -0.3 is 0 Å². The summed E-state index contributed by atoms with van der Waals surface area (Å²) in [5.41, 5.74) is -14.6. The van der Waals surface area contributed by atoms with Crippen molar-refractivity contribution in [1.82, 2.24) is 0 Å². The van der Waals surface area contributed by atoms with Gasteiger partial charge in [-0.2, -0.15) is 48.3 Å². The molecular weight excluding hydrogens is 461 g/mol. The fraction of sp³-hybridized carbons (Fsp3) is 0.800. The van der Waals surface area contributed by atoms with Gasteiger partial charge in [-0.1, -0.05) is 0 Å². The van der Waals surface area contributed by atoms with Gasteiger partial charge in [0, 0.05) is 0 Å². The Balaban J connectivity index is 7.27. The number of sulfone groups is 3. The first-order valence-corrected chi connectivity index (χ1v) is 9.00. The van der Waals surface area contributed by atoms with Crippen molar-refractivity contribution in [1.29, 1.82) is 0 Å². The fourth-order valence-electron chi connectivity index (χ4n) is 0.879. The molecule has 0 saturated heterocycles. The van der Waals surface area contributed by atoms with E-state index in [0.29, 0.717) is 0 Å². The minimum Gasteiger partial charge on any atom is -0.219 e. The second kappa shape index (κ2) is 5.79. The molecule has 151 valence electrons. The molecule has 0 amide bonds. The van der Waals surface area contributed by atoms with Crippen LogP contribution < -0.4 is 0 Å². The van der Waals surface area contributed by atoms with Crippen LogP contribution in [-0.2, 0) is 29.5 Å². The summed E-state index contributed by atoms with van der Waals surface area (Å²) in [6, 6.07) is 0. The Kier molecular flexibility index (Phi) is 5.58. The number of alkyl halides is 11. The Morgan fingerprint density at radius 1 is 0.480 bits per heavy atom. The van der Waals surface area contributed by atoms with Gasteiger partial charge in [-0.05, 0) is 0 Å². The molecule has 0 heterocycles. The van der Waals surface area contributed by atoms with Crippen molar-refractivity contribution in [3.63, 3.8) is 0 Å². The van der Waals surface area contributed by atoms with Crippen molar-refractivity contribution in [3.8, 4) is 0 Å². The van der Waals surface area contributed by atoms with Crippen LogP contribution >= 0.6 is 0 Å². The summed E-state index contributed by atoms with van der Waals surface area (Å²) < 4.78 is 194. The van der Waals surface area contributed by atoms with E-state index in [1.807, 2.05) is 0 Å². The smallest absolute Gasteiger partial charge is 0.219 e. The SMILES string of the molecule is O=S(=O)([C](S(=O)(=O)C(F)(F)F)S(=O)(=O)C(F)(F)C(F)(F)F)C(F)(F)F. The zero-order valence-electron chi connectivity index (χ0n) is 10.3. The lowest BCUT2D eigenvalue weighted by molar-refractivity contribution is -0.241. The molecule has 0 rings (SSSR count). The lowest BCUT2D eigenvalue weighted by Gasteiger charge is -2.25. The van der Waals surface area contributed by atoms with Crippen LogP contribution in [0.4, 0.5) is 48.3 Å². The van der Waals surface area contributed by atoms with E-state index < -0.39 is 55.9 Å². The molecule has 0 aliphatic heterocycles. The zero-order chi connectivity index (χ0) is 21.1. The molecule has 20 heteroatoms. The second-order valence-corrected chi connectivity index (χ2v) is 10.1. The average molecular weight is 461 g/mol. The van der Waals surface area contributed by atoms with Gasteiger partial charge in [-0.25, -0.2) is 25.3 Å². The molecule has 6 nitrogen and oxygen atoms in total. The van der Waals surface area contributed by atoms with Gasteiger partial charge in [0.1, 0.15) is 0 Å². The maximum Gasteiger partial charge on any atom is 0.500 e. The predicted molar refractivity (Wildman–Crippen MR) is 53.1 cm³/mol. The van der Waals surface area contributed by atoms with E-state index in [9.17, 15) is 73.5 Å². The van der Waals surface area contributed by atoms with Crippen molar-refractivity contribution in [2.75, 3.05) is 0 Å². The maximum atomic E-state index is 12.8. The van der Waals surface area contributed by atoms with Crippen LogP contribution in [-0.4, -0.2) is 47.7 Å². The molecule has 0 N–H and O–H groups in total. The molecule has 0 aliphatic carbocycles. The summed E-state index contributed by atoms with van der Waals surface area (Å²) >= 11 is 0. The molecule has 1 radical (unpaired) electrons. The summed E-state index contributed by atoms with van der Waals surface area (Å²) in [5, 5.41) is -7.62. The van der Waals surface area contributed by atoms with E-state index in [2.05, 4.69) is 0 Å². The Bertz CT molecular complexity index is 780. The number of halogens is 11. The van der Waals surface area contributed by atoms with Gasteiger partial charge in [-0.15, -0.1) is 0 Å². The third-order valence-corrected chi connectivity index (χ3v) is 9.33. The third-order valence-electron chi connectivity index (χ3n) is 1.94. The van der Waals surface area contributed by atoms with Gasteiger partial charge in [-0.3, -0.25) is 0 Å². The van der Waals surface area contributed by atoms with Crippen LogP contribution in [0, 0.1) is 3.91 Å². The van der Waals surface area contributed by atoms with E-state index in [1.54, 1.807) is 0 Å².